The van der Waals surface area contributed by atoms with Crippen LogP contribution >= 0.6 is 11.6 Å². The Morgan fingerprint density at radius 3 is 2.44 bits per heavy atom. The largest absolute Gasteiger partial charge is 0.355 e. The molecule has 2 rings (SSSR count). The van der Waals surface area contributed by atoms with Gasteiger partial charge >= 0.3 is 0 Å². The van der Waals surface area contributed by atoms with Crippen LogP contribution < -0.4 is 10.6 Å². The molecule has 0 aliphatic carbocycles. The Morgan fingerprint density at radius 2 is 1.76 bits per heavy atom. The molecule has 0 spiro atoms. The Labute approximate surface area is 151 Å². The summed E-state index contributed by atoms with van der Waals surface area (Å²) in [6, 6.07) is 13.2. The molecule has 0 saturated carbocycles. The minimum absolute atomic E-state index is 0.0285. The molecule has 6 heteroatoms. The maximum absolute atomic E-state index is 13.5. The molecule has 1 unspecified atom stereocenters. The van der Waals surface area contributed by atoms with E-state index in [2.05, 4.69) is 10.6 Å². The van der Waals surface area contributed by atoms with Crippen molar-refractivity contribution < 1.29 is 14.0 Å². The number of carbonyl (C=O) groups excluding carboxylic acids is 2. The van der Waals surface area contributed by atoms with E-state index in [1.165, 1.54) is 18.2 Å². The molecule has 2 aromatic rings. The quantitative estimate of drug-likeness (QED) is 0.791. The van der Waals surface area contributed by atoms with Crippen molar-refractivity contribution in [1.29, 1.82) is 0 Å². The average Bonchev–Trinajstić information content (AvgIpc) is 2.60. The van der Waals surface area contributed by atoms with Gasteiger partial charge in [0.05, 0.1) is 5.56 Å². The summed E-state index contributed by atoms with van der Waals surface area (Å²) in [5.41, 5.74) is 1.05. The third-order valence-electron chi connectivity index (χ3n) is 3.80. The van der Waals surface area contributed by atoms with Crippen LogP contribution in [0.15, 0.2) is 48.5 Å². The minimum atomic E-state index is -0.582. The molecule has 4 nitrogen and oxygen atoms in total. The lowest BCUT2D eigenvalue weighted by Crippen LogP contribution is -2.32. The highest BCUT2D eigenvalue weighted by molar-refractivity contribution is 6.30. The number of carbonyl (C=O) groups is 2. The molecule has 0 radical (unpaired) electrons. The summed E-state index contributed by atoms with van der Waals surface area (Å²) in [5.74, 6) is -1.13. The first kappa shape index (κ1) is 18.9. The molecule has 2 amide bonds. The van der Waals surface area contributed by atoms with E-state index in [-0.39, 0.29) is 30.4 Å². The molecule has 0 aliphatic rings. The van der Waals surface area contributed by atoms with E-state index in [1.807, 2.05) is 31.2 Å². The maximum atomic E-state index is 13.5. The van der Waals surface area contributed by atoms with Crippen LogP contribution in [0.3, 0.4) is 0 Å². The van der Waals surface area contributed by atoms with Gasteiger partial charge in [-0.05, 0) is 35.7 Å². The predicted molar refractivity (Wildman–Crippen MR) is 96.2 cm³/mol. The molecule has 25 heavy (non-hydrogen) atoms. The molecular formula is C19H20ClFN2O2. The zero-order valence-electron chi connectivity index (χ0n) is 13.9. The third kappa shape index (κ3) is 5.87. The van der Waals surface area contributed by atoms with Crippen molar-refractivity contribution in [3.8, 4) is 0 Å². The topological polar surface area (TPSA) is 58.2 Å². The number of rotatable bonds is 7. The van der Waals surface area contributed by atoms with E-state index in [1.54, 1.807) is 6.07 Å². The van der Waals surface area contributed by atoms with Gasteiger partial charge in [-0.25, -0.2) is 4.39 Å². The normalized spacial score (nSPS) is 11.6. The van der Waals surface area contributed by atoms with Crippen LogP contribution in [0.2, 0.25) is 5.02 Å². The van der Waals surface area contributed by atoms with E-state index < -0.39 is 11.7 Å². The number of amides is 2. The number of hydrogen-bond donors (Lipinski definition) is 2. The SMILES string of the molecule is CC(CNC(=O)CCNC(=O)c1ccccc1F)c1ccc(Cl)cc1. The summed E-state index contributed by atoms with van der Waals surface area (Å²) < 4.78 is 13.5. The van der Waals surface area contributed by atoms with Gasteiger partial charge in [-0.1, -0.05) is 42.8 Å². The van der Waals surface area contributed by atoms with E-state index in [4.69, 9.17) is 11.6 Å². The van der Waals surface area contributed by atoms with Crippen molar-refractivity contribution in [3.63, 3.8) is 0 Å². The summed E-state index contributed by atoms with van der Waals surface area (Å²) in [6.45, 7) is 2.64. The van der Waals surface area contributed by atoms with Crippen molar-refractivity contribution in [1.82, 2.24) is 10.6 Å². The van der Waals surface area contributed by atoms with Gasteiger partial charge in [0.25, 0.3) is 5.91 Å². The fraction of sp³-hybridized carbons (Fsp3) is 0.263. The fourth-order valence-corrected chi connectivity index (χ4v) is 2.42. The molecule has 0 heterocycles. The smallest absolute Gasteiger partial charge is 0.254 e. The van der Waals surface area contributed by atoms with Crippen molar-refractivity contribution in [2.24, 2.45) is 0 Å². The molecule has 1 atom stereocenters. The van der Waals surface area contributed by atoms with Gasteiger partial charge in [-0.2, -0.15) is 0 Å². The lowest BCUT2D eigenvalue weighted by atomic mass is 10.0. The molecule has 0 aliphatic heterocycles. The standard InChI is InChI=1S/C19H20ClFN2O2/c1-13(14-6-8-15(20)9-7-14)12-23-18(24)10-11-22-19(25)16-4-2-3-5-17(16)21/h2-9,13H,10-12H2,1H3,(H,22,25)(H,23,24). The zero-order valence-corrected chi connectivity index (χ0v) is 14.6. The van der Waals surface area contributed by atoms with Crippen molar-refractivity contribution in [2.75, 3.05) is 13.1 Å². The van der Waals surface area contributed by atoms with Crippen LogP contribution in [-0.2, 0) is 4.79 Å². The Bertz CT molecular complexity index is 734. The molecule has 0 bridgehead atoms. The molecular weight excluding hydrogens is 343 g/mol. The second-order valence-electron chi connectivity index (χ2n) is 5.74. The average molecular weight is 363 g/mol. The first-order valence-electron chi connectivity index (χ1n) is 8.02. The van der Waals surface area contributed by atoms with Crippen LogP contribution in [0.5, 0.6) is 0 Å². The summed E-state index contributed by atoms with van der Waals surface area (Å²) >= 11 is 5.85. The molecule has 2 aromatic carbocycles. The first-order chi connectivity index (χ1) is 12.0. The van der Waals surface area contributed by atoms with Crippen LogP contribution in [-0.4, -0.2) is 24.9 Å². The van der Waals surface area contributed by atoms with Gasteiger partial charge in [-0.3, -0.25) is 9.59 Å². The number of halogens is 2. The molecule has 2 N–H and O–H groups in total. The Morgan fingerprint density at radius 1 is 1.08 bits per heavy atom. The Balaban J connectivity index is 1.71. The second kappa shape index (κ2) is 9.18. The van der Waals surface area contributed by atoms with Gasteiger partial charge < -0.3 is 10.6 Å². The van der Waals surface area contributed by atoms with Crippen LogP contribution in [0, 0.1) is 5.82 Å². The van der Waals surface area contributed by atoms with Gasteiger partial charge in [0.1, 0.15) is 5.82 Å². The van der Waals surface area contributed by atoms with Crippen LogP contribution in [0.4, 0.5) is 4.39 Å². The summed E-state index contributed by atoms with van der Waals surface area (Å²) in [7, 11) is 0. The van der Waals surface area contributed by atoms with Crippen LogP contribution in [0.25, 0.3) is 0 Å². The molecule has 0 fully saturated rings. The number of hydrogen-bond acceptors (Lipinski definition) is 2. The Kier molecular flexibility index (Phi) is 6.95. The van der Waals surface area contributed by atoms with Crippen molar-refractivity contribution in [3.05, 3.63) is 70.5 Å². The highest BCUT2D eigenvalue weighted by Gasteiger charge is 2.11. The minimum Gasteiger partial charge on any atom is -0.355 e. The van der Waals surface area contributed by atoms with Crippen molar-refractivity contribution >= 4 is 23.4 Å². The van der Waals surface area contributed by atoms with E-state index in [9.17, 15) is 14.0 Å². The predicted octanol–water partition coefficient (Wildman–Crippen LogP) is 3.52. The van der Waals surface area contributed by atoms with Crippen molar-refractivity contribution in [2.45, 2.75) is 19.3 Å². The van der Waals surface area contributed by atoms with E-state index >= 15 is 0 Å². The molecule has 0 aromatic heterocycles. The van der Waals surface area contributed by atoms with Gasteiger partial charge in [-0.15, -0.1) is 0 Å². The van der Waals surface area contributed by atoms with Gasteiger partial charge in [0.15, 0.2) is 0 Å². The third-order valence-corrected chi connectivity index (χ3v) is 4.05. The monoisotopic (exact) mass is 362 g/mol. The first-order valence-corrected chi connectivity index (χ1v) is 8.40. The van der Waals surface area contributed by atoms with Gasteiger partial charge in [0.2, 0.25) is 5.91 Å². The summed E-state index contributed by atoms with van der Waals surface area (Å²) in [5, 5.41) is 6.04. The summed E-state index contributed by atoms with van der Waals surface area (Å²) in [6.07, 6.45) is 0.132. The number of benzene rings is 2. The zero-order chi connectivity index (χ0) is 18.2. The lowest BCUT2D eigenvalue weighted by molar-refractivity contribution is -0.121. The molecule has 0 saturated heterocycles. The van der Waals surface area contributed by atoms with E-state index in [0.29, 0.717) is 11.6 Å². The molecule has 132 valence electrons. The number of nitrogens with one attached hydrogen (secondary N) is 2. The maximum Gasteiger partial charge on any atom is 0.254 e. The second-order valence-corrected chi connectivity index (χ2v) is 6.18. The summed E-state index contributed by atoms with van der Waals surface area (Å²) in [4.78, 5) is 23.7. The van der Waals surface area contributed by atoms with Gasteiger partial charge in [0, 0.05) is 24.5 Å². The fourth-order valence-electron chi connectivity index (χ4n) is 2.29. The highest BCUT2D eigenvalue weighted by Crippen LogP contribution is 2.17. The highest BCUT2D eigenvalue weighted by atomic mass is 35.5. The van der Waals surface area contributed by atoms with E-state index in [0.717, 1.165) is 5.56 Å². The lowest BCUT2D eigenvalue weighted by Gasteiger charge is -2.13. The van der Waals surface area contributed by atoms with Crippen LogP contribution in [0.1, 0.15) is 35.2 Å². The Hall–Kier alpha value is -2.40.